The number of halogens is 2. The van der Waals surface area contributed by atoms with Crippen LogP contribution in [0.5, 0.6) is 0 Å². The van der Waals surface area contributed by atoms with Crippen LogP contribution in [0.3, 0.4) is 0 Å². The van der Waals surface area contributed by atoms with E-state index >= 15 is 0 Å². The Morgan fingerprint density at radius 2 is 2.10 bits per heavy atom. The van der Waals surface area contributed by atoms with Crippen molar-refractivity contribution >= 4 is 22.4 Å². The third-order valence-electron chi connectivity index (χ3n) is 2.39. The van der Waals surface area contributed by atoms with Gasteiger partial charge >= 0.3 is 5.69 Å². The molecule has 0 fully saturated rings. The molecule has 0 spiro atoms. The summed E-state index contributed by atoms with van der Waals surface area (Å²) in [5.74, 6) is -3.43. The lowest BCUT2D eigenvalue weighted by atomic mass is 10.1. The maximum atomic E-state index is 13.7. The summed E-state index contributed by atoms with van der Waals surface area (Å²) in [7, 11) is -1.03. The summed E-state index contributed by atoms with van der Waals surface area (Å²) in [5.41, 5.74) is -1.96. The molecule has 110 valence electrons. The molecular weight excluding hydrogens is 294 g/mol. The highest BCUT2D eigenvalue weighted by atomic mass is 32.2. The number of hydrogen-bond acceptors (Lipinski definition) is 4. The summed E-state index contributed by atoms with van der Waals surface area (Å²) in [4.78, 5) is 21.1. The Kier molecular flexibility index (Phi) is 5.68. The lowest BCUT2D eigenvalue weighted by Crippen LogP contribution is -2.27. The van der Waals surface area contributed by atoms with Gasteiger partial charge in [-0.15, -0.1) is 0 Å². The fourth-order valence-corrected chi connectivity index (χ4v) is 2.01. The number of nitro groups is 1. The number of nitrogens with zero attached hydrogens (tertiary/aromatic N) is 1. The maximum Gasteiger partial charge on any atom is 0.305 e. The normalized spacial score (nSPS) is 11.9. The third kappa shape index (κ3) is 4.05. The van der Waals surface area contributed by atoms with Crippen molar-refractivity contribution in [2.24, 2.45) is 0 Å². The largest absolute Gasteiger partial charge is 0.352 e. The van der Waals surface area contributed by atoms with E-state index < -0.39 is 44.5 Å². The highest BCUT2D eigenvalue weighted by molar-refractivity contribution is 7.84. The lowest BCUT2D eigenvalue weighted by Gasteiger charge is -2.06. The molecule has 0 bridgehead atoms. The van der Waals surface area contributed by atoms with Gasteiger partial charge in [-0.2, -0.15) is 4.39 Å². The van der Waals surface area contributed by atoms with Gasteiger partial charge in [0.15, 0.2) is 0 Å². The minimum Gasteiger partial charge on any atom is -0.352 e. The summed E-state index contributed by atoms with van der Waals surface area (Å²) in [6.45, 7) is 0.0694. The summed E-state index contributed by atoms with van der Waals surface area (Å²) in [6, 6.07) is 1.32. The van der Waals surface area contributed by atoms with Crippen LogP contribution in [0.1, 0.15) is 16.8 Å². The lowest BCUT2D eigenvalue weighted by molar-refractivity contribution is -0.387. The first-order valence-corrected chi connectivity index (χ1v) is 7.28. The van der Waals surface area contributed by atoms with E-state index in [2.05, 4.69) is 5.32 Å². The number of rotatable bonds is 6. The Morgan fingerprint density at radius 3 is 2.65 bits per heavy atom. The molecule has 1 amide bonds. The highest BCUT2D eigenvalue weighted by Crippen LogP contribution is 2.22. The van der Waals surface area contributed by atoms with E-state index in [1.54, 1.807) is 0 Å². The quantitative estimate of drug-likeness (QED) is 0.488. The van der Waals surface area contributed by atoms with Crippen LogP contribution in [-0.2, 0) is 10.8 Å². The van der Waals surface area contributed by atoms with Crippen LogP contribution >= 0.6 is 0 Å². The number of nitrogens with one attached hydrogen (secondary N) is 1. The van der Waals surface area contributed by atoms with E-state index in [9.17, 15) is 27.9 Å². The molecule has 0 aliphatic rings. The van der Waals surface area contributed by atoms with E-state index in [4.69, 9.17) is 0 Å². The van der Waals surface area contributed by atoms with Gasteiger partial charge in [0.2, 0.25) is 5.82 Å². The predicted molar refractivity (Wildman–Crippen MR) is 68.9 cm³/mol. The van der Waals surface area contributed by atoms with Gasteiger partial charge in [0.25, 0.3) is 5.91 Å². The van der Waals surface area contributed by atoms with Crippen molar-refractivity contribution in [3.05, 3.63) is 39.4 Å². The minimum absolute atomic E-state index is 0.0694. The molecule has 6 nitrogen and oxygen atoms in total. The van der Waals surface area contributed by atoms with E-state index in [0.29, 0.717) is 24.3 Å². The van der Waals surface area contributed by atoms with Crippen LogP contribution in [0.2, 0.25) is 0 Å². The molecule has 0 heterocycles. The number of nitro benzene ring substituents is 1. The molecule has 0 aromatic heterocycles. The van der Waals surface area contributed by atoms with Gasteiger partial charge in [-0.3, -0.25) is 19.1 Å². The van der Waals surface area contributed by atoms with E-state index in [1.165, 1.54) is 6.26 Å². The Morgan fingerprint density at radius 1 is 1.45 bits per heavy atom. The molecule has 1 N–H and O–H groups in total. The molecule has 1 atom stereocenters. The predicted octanol–water partition coefficient (Wildman–Crippen LogP) is 1.37. The van der Waals surface area contributed by atoms with Crippen LogP contribution in [0.15, 0.2) is 12.1 Å². The van der Waals surface area contributed by atoms with Gasteiger partial charge in [0, 0.05) is 35.4 Å². The summed E-state index contributed by atoms with van der Waals surface area (Å²) < 4.78 is 37.9. The summed E-state index contributed by atoms with van der Waals surface area (Å²) >= 11 is 0. The van der Waals surface area contributed by atoms with Gasteiger partial charge in [-0.25, -0.2) is 4.39 Å². The molecule has 1 aromatic carbocycles. The fraction of sp³-hybridized carbons (Fsp3) is 0.364. The van der Waals surface area contributed by atoms with Crippen molar-refractivity contribution in [3.63, 3.8) is 0 Å². The average Bonchev–Trinajstić information content (AvgIpc) is 2.34. The van der Waals surface area contributed by atoms with E-state index in [0.717, 1.165) is 0 Å². The second kappa shape index (κ2) is 7.04. The zero-order valence-electron chi connectivity index (χ0n) is 10.5. The van der Waals surface area contributed by atoms with E-state index in [1.807, 2.05) is 0 Å². The number of carbonyl (C=O) groups excluding carboxylic acids is 1. The molecule has 1 rings (SSSR count). The number of benzene rings is 1. The zero-order valence-corrected chi connectivity index (χ0v) is 11.3. The van der Waals surface area contributed by atoms with Gasteiger partial charge in [0.05, 0.1) is 4.92 Å². The summed E-state index contributed by atoms with van der Waals surface area (Å²) in [5, 5.41) is 12.7. The number of hydrogen-bond donors (Lipinski definition) is 1. The molecule has 0 saturated carbocycles. The Hall–Kier alpha value is -1.90. The highest BCUT2D eigenvalue weighted by Gasteiger charge is 2.25. The van der Waals surface area contributed by atoms with Crippen LogP contribution < -0.4 is 5.32 Å². The van der Waals surface area contributed by atoms with Gasteiger partial charge in [-0.1, -0.05) is 0 Å². The molecular formula is C11H12F2N2O4S. The Bertz CT molecular complexity index is 566. The average molecular weight is 306 g/mol. The Labute approximate surface area is 115 Å². The first-order chi connectivity index (χ1) is 9.34. The maximum absolute atomic E-state index is 13.7. The topological polar surface area (TPSA) is 89.3 Å². The van der Waals surface area contributed by atoms with Crippen LogP contribution in [-0.4, -0.2) is 33.6 Å². The Balaban J connectivity index is 2.84. The second-order valence-electron chi connectivity index (χ2n) is 3.90. The molecule has 0 aliphatic carbocycles. The molecule has 1 aromatic rings. The number of amides is 1. The van der Waals surface area contributed by atoms with Crippen molar-refractivity contribution in [2.45, 2.75) is 6.42 Å². The monoisotopic (exact) mass is 306 g/mol. The van der Waals surface area contributed by atoms with Crippen LogP contribution in [0.25, 0.3) is 0 Å². The minimum atomic E-state index is -1.51. The molecule has 0 radical (unpaired) electrons. The SMILES string of the molecule is CS(=O)CCCNC(=O)c1c(F)ccc([N+](=O)[O-])c1F. The van der Waals surface area contributed by atoms with Crippen molar-refractivity contribution in [3.8, 4) is 0 Å². The molecule has 0 saturated heterocycles. The zero-order chi connectivity index (χ0) is 15.3. The summed E-state index contributed by atoms with van der Waals surface area (Å²) in [6.07, 6.45) is 1.86. The fourth-order valence-electron chi connectivity index (χ4n) is 1.46. The number of carbonyl (C=O) groups is 1. The standard InChI is InChI=1S/C11H12F2N2O4S/c1-20(19)6-2-5-14-11(16)9-7(12)3-4-8(10(9)13)15(17)18/h3-4H,2,5-6H2,1H3,(H,14,16). The van der Waals surface area contributed by atoms with Crippen LogP contribution in [0.4, 0.5) is 14.5 Å². The van der Waals surface area contributed by atoms with Gasteiger partial charge in [-0.05, 0) is 12.5 Å². The van der Waals surface area contributed by atoms with Gasteiger partial charge < -0.3 is 5.32 Å². The second-order valence-corrected chi connectivity index (χ2v) is 5.45. The molecule has 9 heteroatoms. The van der Waals surface area contributed by atoms with Crippen molar-refractivity contribution < 1.29 is 22.7 Å². The van der Waals surface area contributed by atoms with E-state index in [-0.39, 0.29) is 6.54 Å². The first kappa shape index (κ1) is 16.2. The van der Waals surface area contributed by atoms with Crippen LogP contribution in [0, 0.1) is 21.7 Å². The van der Waals surface area contributed by atoms with Crippen molar-refractivity contribution in [1.29, 1.82) is 0 Å². The smallest absolute Gasteiger partial charge is 0.305 e. The third-order valence-corrected chi connectivity index (χ3v) is 3.25. The van der Waals surface area contributed by atoms with Crippen molar-refractivity contribution in [1.82, 2.24) is 5.32 Å². The molecule has 1 unspecified atom stereocenters. The molecule has 0 aliphatic heterocycles. The van der Waals surface area contributed by atoms with Gasteiger partial charge in [0.1, 0.15) is 11.4 Å². The van der Waals surface area contributed by atoms with Crippen molar-refractivity contribution in [2.75, 3.05) is 18.6 Å². The molecule has 20 heavy (non-hydrogen) atoms. The first-order valence-electron chi connectivity index (χ1n) is 5.55.